The van der Waals surface area contributed by atoms with Gasteiger partial charge in [0.05, 0.1) is 13.2 Å². The topological polar surface area (TPSA) is 79.7 Å². The summed E-state index contributed by atoms with van der Waals surface area (Å²) in [4.78, 5) is 15.2. The number of aromatic hydroxyl groups is 1. The molecule has 122 valence electrons. The minimum atomic E-state index is -0.950. The smallest absolute Gasteiger partial charge is 0.210 e. The first-order valence-corrected chi connectivity index (χ1v) is 6.77. The van der Waals surface area contributed by atoms with E-state index in [9.17, 15) is 18.7 Å². The van der Waals surface area contributed by atoms with Crippen LogP contribution in [0.15, 0.2) is 24.4 Å². The molecule has 0 unspecified atom stereocenters. The van der Waals surface area contributed by atoms with Crippen LogP contribution < -0.4 is 0 Å². The summed E-state index contributed by atoms with van der Waals surface area (Å²) < 4.78 is 31.3. The molecule has 0 atom stereocenters. The lowest BCUT2D eigenvalue weighted by atomic mass is 10.1. The van der Waals surface area contributed by atoms with Crippen LogP contribution in [0, 0.1) is 18.6 Å². The summed E-state index contributed by atoms with van der Waals surface area (Å²) in [6, 6.07) is 3.47. The second kappa shape index (κ2) is 7.26. The zero-order valence-electron chi connectivity index (χ0n) is 12.3. The molecule has 0 amide bonds. The number of aliphatic hydroxyl groups excluding tert-OH is 1. The zero-order valence-corrected chi connectivity index (χ0v) is 12.3. The molecule has 0 saturated heterocycles. The van der Waals surface area contributed by atoms with Gasteiger partial charge in [-0.15, -0.1) is 0 Å². The molecule has 0 aliphatic carbocycles. The van der Waals surface area contributed by atoms with Gasteiger partial charge >= 0.3 is 0 Å². The van der Waals surface area contributed by atoms with Crippen LogP contribution >= 0.6 is 0 Å². The third-order valence-corrected chi connectivity index (χ3v) is 3.33. The number of rotatable bonds is 6. The van der Waals surface area contributed by atoms with Crippen molar-refractivity contribution >= 4 is 5.78 Å². The van der Waals surface area contributed by atoms with Crippen molar-refractivity contribution in [1.29, 1.82) is 0 Å². The summed E-state index contributed by atoms with van der Waals surface area (Å²) in [6.07, 6.45) is 1.36. The van der Waals surface area contributed by atoms with Crippen molar-refractivity contribution in [3.8, 4) is 5.75 Å². The van der Waals surface area contributed by atoms with Crippen molar-refractivity contribution in [3.63, 3.8) is 0 Å². The Bertz CT molecular complexity index is 734. The normalized spacial score (nSPS) is 10.8. The molecule has 0 fully saturated rings. The predicted octanol–water partition coefficient (Wildman–Crippen LogP) is 2.27. The summed E-state index contributed by atoms with van der Waals surface area (Å²) >= 11 is 0. The quantitative estimate of drug-likeness (QED) is 0.797. The number of carbonyl (C=O) groups is 1. The molecule has 5 nitrogen and oxygen atoms in total. The third kappa shape index (κ3) is 3.88. The van der Waals surface area contributed by atoms with Crippen LogP contribution in [0.5, 0.6) is 5.75 Å². The monoisotopic (exact) mass is 323 g/mol. The van der Waals surface area contributed by atoms with Gasteiger partial charge in [0.25, 0.3) is 0 Å². The van der Waals surface area contributed by atoms with E-state index in [1.54, 1.807) is 6.92 Å². The number of nitrogens with zero attached hydrogens (tertiary/aromatic N) is 1. The van der Waals surface area contributed by atoms with Gasteiger partial charge in [0.2, 0.25) is 5.78 Å². The Morgan fingerprint density at radius 2 is 2.00 bits per heavy atom. The Morgan fingerprint density at radius 3 is 2.65 bits per heavy atom. The number of hydrogen-bond donors (Lipinski definition) is 2. The van der Waals surface area contributed by atoms with E-state index in [0.29, 0.717) is 16.7 Å². The van der Waals surface area contributed by atoms with Crippen LogP contribution in [0.1, 0.15) is 27.2 Å². The van der Waals surface area contributed by atoms with Crippen molar-refractivity contribution in [3.05, 3.63) is 58.4 Å². The number of pyridine rings is 1. The molecule has 2 N–H and O–H groups in total. The highest BCUT2D eigenvalue weighted by Gasteiger charge is 2.16. The molecule has 1 aromatic carbocycles. The Labute approximate surface area is 131 Å². The number of aromatic nitrogens is 1. The van der Waals surface area contributed by atoms with Gasteiger partial charge in [0.1, 0.15) is 12.4 Å². The first kappa shape index (κ1) is 17.0. The summed E-state index contributed by atoms with van der Waals surface area (Å²) in [6.45, 7) is 0.959. The Balaban J connectivity index is 2.04. The minimum absolute atomic E-state index is 0.0503. The van der Waals surface area contributed by atoms with E-state index in [1.807, 2.05) is 0 Å². The highest BCUT2D eigenvalue weighted by molar-refractivity contribution is 5.97. The number of Topliss-reactive ketones (excluding diaryl/α,β-unsaturated/α-hetero) is 1. The predicted molar refractivity (Wildman–Crippen MR) is 76.9 cm³/mol. The second-order valence-corrected chi connectivity index (χ2v) is 4.93. The summed E-state index contributed by atoms with van der Waals surface area (Å²) in [5.74, 6) is -2.87. The van der Waals surface area contributed by atoms with Crippen LogP contribution in [0.3, 0.4) is 0 Å². The summed E-state index contributed by atoms with van der Waals surface area (Å²) in [7, 11) is 0. The van der Waals surface area contributed by atoms with E-state index in [0.717, 1.165) is 12.1 Å². The van der Waals surface area contributed by atoms with E-state index >= 15 is 0 Å². The largest absolute Gasteiger partial charge is 0.505 e. The maximum atomic E-state index is 13.1. The summed E-state index contributed by atoms with van der Waals surface area (Å²) in [5, 5.41) is 18.7. The minimum Gasteiger partial charge on any atom is -0.505 e. The molecule has 0 aliphatic rings. The number of ketones is 1. The van der Waals surface area contributed by atoms with E-state index in [2.05, 4.69) is 4.98 Å². The van der Waals surface area contributed by atoms with Gasteiger partial charge in [0.15, 0.2) is 17.3 Å². The Kier molecular flexibility index (Phi) is 5.36. The third-order valence-electron chi connectivity index (χ3n) is 3.33. The van der Waals surface area contributed by atoms with Crippen LogP contribution in [-0.2, 0) is 18.0 Å². The molecule has 1 aromatic heterocycles. The molecular formula is C16H15F2NO4. The summed E-state index contributed by atoms with van der Waals surface area (Å²) in [5.41, 5.74) is 1.21. The first-order valence-electron chi connectivity index (χ1n) is 6.77. The second-order valence-electron chi connectivity index (χ2n) is 4.93. The van der Waals surface area contributed by atoms with Crippen molar-refractivity contribution in [2.45, 2.75) is 20.1 Å². The SMILES string of the molecule is Cc1c(COCc2ccc(F)c(F)c2)cnc(C(=O)CO)c1O. The lowest BCUT2D eigenvalue weighted by Crippen LogP contribution is -2.09. The molecule has 0 saturated carbocycles. The standard InChI is InChI=1S/C16H15F2NO4/c1-9-11(5-19-15(16(9)22)14(21)6-20)8-23-7-10-2-3-12(17)13(18)4-10/h2-5,20,22H,6-8H2,1H3. The number of aliphatic hydroxyl groups is 1. The Morgan fingerprint density at radius 1 is 1.26 bits per heavy atom. The number of benzene rings is 1. The van der Waals surface area contributed by atoms with Crippen LogP contribution in [-0.4, -0.2) is 27.6 Å². The van der Waals surface area contributed by atoms with Crippen molar-refractivity contribution in [1.82, 2.24) is 4.98 Å². The maximum absolute atomic E-state index is 13.1. The molecule has 0 bridgehead atoms. The fourth-order valence-electron chi connectivity index (χ4n) is 1.96. The molecule has 0 spiro atoms. The van der Waals surface area contributed by atoms with Crippen molar-refractivity contribution in [2.75, 3.05) is 6.61 Å². The Hall–Kier alpha value is -2.38. The molecular weight excluding hydrogens is 308 g/mol. The van der Waals surface area contributed by atoms with E-state index in [4.69, 9.17) is 9.84 Å². The van der Waals surface area contributed by atoms with Gasteiger partial charge < -0.3 is 14.9 Å². The number of halogens is 2. The molecule has 7 heteroatoms. The fraction of sp³-hybridized carbons (Fsp3) is 0.250. The lowest BCUT2D eigenvalue weighted by Gasteiger charge is -2.11. The number of carbonyl (C=O) groups excluding carboxylic acids is 1. The van der Waals surface area contributed by atoms with Gasteiger partial charge in [-0.2, -0.15) is 0 Å². The number of ether oxygens (including phenoxy) is 1. The fourth-order valence-corrected chi connectivity index (χ4v) is 1.96. The van der Waals surface area contributed by atoms with Crippen molar-refractivity contribution in [2.24, 2.45) is 0 Å². The zero-order chi connectivity index (χ0) is 17.0. The highest BCUT2D eigenvalue weighted by Crippen LogP contribution is 2.24. The van der Waals surface area contributed by atoms with Gasteiger partial charge in [-0.25, -0.2) is 13.8 Å². The van der Waals surface area contributed by atoms with E-state index in [1.165, 1.54) is 12.3 Å². The average Bonchev–Trinajstić information content (AvgIpc) is 2.54. The average molecular weight is 323 g/mol. The van der Waals surface area contributed by atoms with Gasteiger partial charge in [-0.3, -0.25) is 4.79 Å². The van der Waals surface area contributed by atoms with Gasteiger partial charge in [-0.1, -0.05) is 6.07 Å². The van der Waals surface area contributed by atoms with Gasteiger partial charge in [0, 0.05) is 17.3 Å². The first-order chi connectivity index (χ1) is 10.9. The number of hydrogen-bond acceptors (Lipinski definition) is 5. The van der Waals surface area contributed by atoms with Crippen LogP contribution in [0.4, 0.5) is 8.78 Å². The van der Waals surface area contributed by atoms with Crippen molar-refractivity contribution < 1.29 is 28.5 Å². The van der Waals surface area contributed by atoms with Crippen LogP contribution in [0.25, 0.3) is 0 Å². The molecule has 1 heterocycles. The highest BCUT2D eigenvalue weighted by atomic mass is 19.2. The molecule has 0 aliphatic heterocycles. The molecule has 2 rings (SSSR count). The molecule has 2 aromatic rings. The van der Waals surface area contributed by atoms with E-state index < -0.39 is 24.0 Å². The molecule has 0 radical (unpaired) electrons. The molecule has 23 heavy (non-hydrogen) atoms. The van der Waals surface area contributed by atoms with E-state index in [-0.39, 0.29) is 24.7 Å². The van der Waals surface area contributed by atoms with Crippen LogP contribution in [0.2, 0.25) is 0 Å². The lowest BCUT2D eigenvalue weighted by molar-refractivity contribution is 0.0894. The maximum Gasteiger partial charge on any atom is 0.210 e. The van der Waals surface area contributed by atoms with Gasteiger partial charge in [-0.05, 0) is 24.6 Å².